The van der Waals surface area contributed by atoms with Crippen molar-refractivity contribution in [2.75, 3.05) is 0 Å². The van der Waals surface area contributed by atoms with Gasteiger partial charge in [0.25, 0.3) is 0 Å². The number of aromatic nitrogens is 4. The summed E-state index contributed by atoms with van der Waals surface area (Å²) >= 11 is 0. The molecule has 0 spiro atoms. The first-order valence-corrected chi connectivity index (χ1v) is 8.01. The van der Waals surface area contributed by atoms with Gasteiger partial charge in [0.2, 0.25) is 5.91 Å². The molecule has 1 N–H and O–H groups in total. The Labute approximate surface area is 134 Å². The number of rotatable bonds is 4. The number of carbonyl (C=O) groups excluding carboxylic acids is 1. The maximum absolute atomic E-state index is 12.3. The molecule has 1 amide bonds. The fraction of sp³-hybridized carbons (Fsp3) is 0.500. The van der Waals surface area contributed by atoms with Crippen molar-refractivity contribution in [1.29, 1.82) is 0 Å². The van der Waals surface area contributed by atoms with Gasteiger partial charge < -0.3 is 5.32 Å². The topological polar surface area (TPSA) is 81.8 Å². The third-order valence-corrected chi connectivity index (χ3v) is 4.16. The molecule has 1 unspecified atom stereocenters. The largest absolute Gasteiger partial charge is 0.348 e. The number of hydrogen-bond donors (Lipinski definition) is 1. The fourth-order valence-corrected chi connectivity index (χ4v) is 2.89. The fourth-order valence-electron chi connectivity index (χ4n) is 2.89. The lowest BCUT2D eigenvalue weighted by molar-refractivity contribution is -0.122. The van der Waals surface area contributed by atoms with Crippen LogP contribution in [-0.4, -0.2) is 25.2 Å². The monoisotopic (exact) mass is 315 g/mol. The lowest BCUT2D eigenvalue weighted by Crippen LogP contribution is -2.35. The number of hydrogen-bond acceptors (Lipinski definition) is 4. The molecule has 1 atom stereocenters. The summed E-state index contributed by atoms with van der Waals surface area (Å²) in [6.07, 6.45) is 7.33. The van der Waals surface area contributed by atoms with E-state index >= 15 is 0 Å². The molecule has 0 aliphatic carbocycles. The van der Waals surface area contributed by atoms with Crippen LogP contribution in [0.5, 0.6) is 0 Å². The molecule has 0 aromatic carbocycles. The molecule has 7 heteroatoms. The Morgan fingerprint density at radius 1 is 1.30 bits per heavy atom. The maximum Gasteiger partial charge on any atom is 0.346 e. The Hall–Kier alpha value is -2.44. The molecule has 23 heavy (non-hydrogen) atoms. The molecule has 3 heterocycles. The van der Waals surface area contributed by atoms with Crippen LogP contribution in [0.3, 0.4) is 0 Å². The first-order chi connectivity index (χ1) is 11.1. The molecule has 0 fully saturated rings. The van der Waals surface area contributed by atoms with Crippen LogP contribution in [0, 0.1) is 0 Å². The summed E-state index contributed by atoms with van der Waals surface area (Å²) in [6, 6.07) is 3.58. The van der Waals surface area contributed by atoms with Crippen LogP contribution in [0.4, 0.5) is 0 Å². The van der Waals surface area contributed by atoms with Crippen molar-refractivity contribution >= 4 is 5.91 Å². The highest BCUT2D eigenvalue weighted by atomic mass is 16.2. The van der Waals surface area contributed by atoms with Gasteiger partial charge in [0.1, 0.15) is 12.4 Å². The molecule has 7 nitrogen and oxygen atoms in total. The third-order valence-electron chi connectivity index (χ3n) is 4.16. The minimum atomic E-state index is -0.218. The highest BCUT2D eigenvalue weighted by molar-refractivity contribution is 5.76. The Bertz CT molecular complexity index is 735. The average molecular weight is 315 g/mol. The highest BCUT2D eigenvalue weighted by Gasteiger charge is 2.18. The van der Waals surface area contributed by atoms with E-state index in [1.807, 2.05) is 19.1 Å². The van der Waals surface area contributed by atoms with Gasteiger partial charge in [-0.25, -0.2) is 9.48 Å². The summed E-state index contributed by atoms with van der Waals surface area (Å²) in [5, 5.41) is 7.22. The van der Waals surface area contributed by atoms with Crippen LogP contribution in [0.2, 0.25) is 0 Å². The van der Waals surface area contributed by atoms with E-state index in [2.05, 4.69) is 15.4 Å². The number of carbonyl (C=O) groups is 1. The minimum absolute atomic E-state index is 0.0474. The van der Waals surface area contributed by atoms with Crippen molar-refractivity contribution in [2.45, 2.75) is 51.7 Å². The predicted octanol–water partition coefficient (Wildman–Crippen LogP) is 1.04. The molecule has 1 aliphatic rings. The number of nitrogens with zero attached hydrogens (tertiary/aromatic N) is 4. The van der Waals surface area contributed by atoms with Crippen LogP contribution in [-0.2, 0) is 24.3 Å². The summed E-state index contributed by atoms with van der Waals surface area (Å²) in [5.41, 5.74) is 0.787. The van der Waals surface area contributed by atoms with Crippen LogP contribution in [0.15, 0.2) is 29.3 Å². The summed E-state index contributed by atoms with van der Waals surface area (Å²) in [6.45, 7) is 2.55. The van der Waals surface area contributed by atoms with E-state index in [-0.39, 0.29) is 24.2 Å². The average Bonchev–Trinajstić information content (AvgIpc) is 2.73. The van der Waals surface area contributed by atoms with E-state index in [0.29, 0.717) is 6.54 Å². The normalized spacial score (nSPS) is 15.5. The van der Waals surface area contributed by atoms with E-state index < -0.39 is 0 Å². The molecule has 0 radical (unpaired) electrons. The number of aryl methyl sites for hydroxylation is 1. The van der Waals surface area contributed by atoms with E-state index in [1.54, 1.807) is 17.0 Å². The molecular formula is C16H21N5O2. The second-order valence-electron chi connectivity index (χ2n) is 5.89. The molecule has 2 aromatic rings. The van der Waals surface area contributed by atoms with E-state index in [1.165, 1.54) is 4.68 Å². The zero-order chi connectivity index (χ0) is 16.2. The van der Waals surface area contributed by atoms with Gasteiger partial charge in [0.15, 0.2) is 0 Å². The molecule has 0 saturated carbocycles. The first-order valence-electron chi connectivity index (χ1n) is 8.01. The number of fused-ring (bicyclic) bond motifs is 1. The number of nitrogens with one attached hydrogen (secondary N) is 1. The lowest BCUT2D eigenvalue weighted by Gasteiger charge is -2.13. The summed E-state index contributed by atoms with van der Waals surface area (Å²) < 4.78 is 2.97. The van der Waals surface area contributed by atoms with E-state index in [9.17, 15) is 9.59 Å². The van der Waals surface area contributed by atoms with Gasteiger partial charge in [-0.15, -0.1) is 0 Å². The SMILES string of the molecule is CC(NC(=O)Cn1nc2n(c1=O)CCCCC2)c1ccncc1. The Balaban J connectivity index is 1.68. The molecule has 2 aromatic heterocycles. The standard InChI is InChI=1S/C16H21N5O2/c1-12(13-6-8-17-9-7-13)18-15(22)11-21-16(23)20-10-4-2-3-5-14(20)19-21/h6-9,12H,2-5,10-11H2,1H3,(H,18,22). The molecular weight excluding hydrogens is 294 g/mol. The number of pyridine rings is 1. The second kappa shape index (κ2) is 6.76. The molecule has 0 bridgehead atoms. The van der Waals surface area contributed by atoms with Gasteiger partial charge in [0, 0.05) is 25.4 Å². The van der Waals surface area contributed by atoms with Crippen molar-refractivity contribution in [1.82, 2.24) is 24.6 Å². The highest BCUT2D eigenvalue weighted by Crippen LogP contribution is 2.11. The van der Waals surface area contributed by atoms with Crippen molar-refractivity contribution in [3.8, 4) is 0 Å². The Morgan fingerprint density at radius 2 is 2.09 bits per heavy atom. The van der Waals surface area contributed by atoms with Gasteiger partial charge in [-0.1, -0.05) is 6.42 Å². The first kappa shape index (κ1) is 15.5. The van der Waals surface area contributed by atoms with Crippen molar-refractivity contribution in [3.05, 3.63) is 46.4 Å². The van der Waals surface area contributed by atoms with Crippen LogP contribution < -0.4 is 11.0 Å². The maximum atomic E-state index is 12.3. The molecule has 3 rings (SSSR count). The summed E-state index contributed by atoms with van der Waals surface area (Å²) in [7, 11) is 0. The molecule has 1 aliphatic heterocycles. The van der Waals surface area contributed by atoms with Gasteiger partial charge in [0.05, 0.1) is 6.04 Å². The van der Waals surface area contributed by atoms with Gasteiger partial charge >= 0.3 is 5.69 Å². The second-order valence-corrected chi connectivity index (χ2v) is 5.89. The predicted molar refractivity (Wildman–Crippen MR) is 84.8 cm³/mol. The smallest absolute Gasteiger partial charge is 0.346 e. The van der Waals surface area contributed by atoms with Crippen molar-refractivity contribution < 1.29 is 4.79 Å². The third kappa shape index (κ3) is 3.49. The molecule has 122 valence electrons. The van der Waals surface area contributed by atoms with Crippen LogP contribution in [0.25, 0.3) is 0 Å². The zero-order valence-electron chi connectivity index (χ0n) is 13.2. The van der Waals surface area contributed by atoms with Crippen molar-refractivity contribution in [3.63, 3.8) is 0 Å². The molecule has 0 saturated heterocycles. The lowest BCUT2D eigenvalue weighted by atomic mass is 10.1. The van der Waals surface area contributed by atoms with Gasteiger partial charge in [-0.05, 0) is 37.5 Å². The van der Waals surface area contributed by atoms with Gasteiger partial charge in [-0.3, -0.25) is 14.3 Å². The zero-order valence-corrected chi connectivity index (χ0v) is 13.2. The van der Waals surface area contributed by atoms with E-state index in [0.717, 1.165) is 37.1 Å². The Kier molecular flexibility index (Phi) is 4.55. The quantitative estimate of drug-likeness (QED) is 0.914. The number of amides is 1. The Morgan fingerprint density at radius 3 is 2.87 bits per heavy atom. The van der Waals surface area contributed by atoms with E-state index in [4.69, 9.17) is 0 Å². The summed E-state index contributed by atoms with van der Waals surface area (Å²) in [5.74, 6) is 0.576. The van der Waals surface area contributed by atoms with Crippen molar-refractivity contribution in [2.24, 2.45) is 0 Å². The van der Waals surface area contributed by atoms with Gasteiger partial charge in [-0.2, -0.15) is 5.10 Å². The minimum Gasteiger partial charge on any atom is -0.348 e. The summed E-state index contributed by atoms with van der Waals surface area (Å²) in [4.78, 5) is 28.5. The van der Waals surface area contributed by atoms with Crippen LogP contribution in [0.1, 0.15) is 43.6 Å². The van der Waals surface area contributed by atoms with Crippen LogP contribution >= 0.6 is 0 Å².